The molecule has 24 heavy (non-hydrogen) atoms. The summed E-state index contributed by atoms with van der Waals surface area (Å²) in [6.07, 6.45) is 3.08. The monoisotopic (exact) mass is 331 g/mol. The predicted octanol–water partition coefficient (Wildman–Crippen LogP) is 1.34. The van der Waals surface area contributed by atoms with E-state index in [4.69, 9.17) is 8.83 Å². The highest BCUT2D eigenvalue weighted by atomic mass is 16.3. The summed E-state index contributed by atoms with van der Waals surface area (Å²) in [6.45, 7) is 4.73. The summed E-state index contributed by atoms with van der Waals surface area (Å²) < 4.78 is 10.4. The van der Waals surface area contributed by atoms with Gasteiger partial charge in [0.2, 0.25) is 5.91 Å². The van der Waals surface area contributed by atoms with Crippen LogP contribution in [-0.4, -0.2) is 53.8 Å². The Hall–Kier alpha value is -2.54. The quantitative estimate of drug-likeness (QED) is 0.894. The van der Waals surface area contributed by atoms with Crippen LogP contribution in [-0.2, 0) is 11.3 Å². The molecule has 7 heteroatoms. The molecule has 0 aliphatic carbocycles. The van der Waals surface area contributed by atoms with Gasteiger partial charge in [-0.05, 0) is 31.2 Å². The second-order valence-corrected chi connectivity index (χ2v) is 5.78. The van der Waals surface area contributed by atoms with Gasteiger partial charge in [-0.3, -0.25) is 14.5 Å². The molecule has 1 saturated heterocycles. The summed E-state index contributed by atoms with van der Waals surface area (Å²) in [4.78, 5) is 28.3. The van der Waals surface area contributed by atoms with E-state index < -0.39 is 0 Å². The molecule has 3 rings (SSSR count). The molecule has 7 nitrogen and oxygen atoms in total. The van der Waals surface area contributed by atoms with Gasteiger partial charge in [0.15, 0.2) is 5.76 Å². The molecule has 0 bridgehead atoms. The molecule has 2 amide bonds. The first kappa shape index (κ1) is 16.3. The first-order chi connectivity index (χ1) is 11.6. The first-order valence-electron chi connectivity index (χ1n) is 8.02. The van der Waals surface area contributed by atoms with E-state index in [9.17, 15) is 9.59 Å². The Labute approximate surface area is 140 Å². The minimum Gasteiger partial charge on any atom is -0.467 e. The van der Waals surface area contributed by atoms with Gasteiger partial charge in [0.05, 0.1) is 25.1 Å². The highest BCUT2D eigenvalue weighted by molar-refractivity contribution is 5.91. The molecule has 2 aromatic rings. The lowest BCUT2D eigenvalue weighted by Crippen LogP contribution is -2.54. The summed E-state index contributed by atoms with van der Waals surface area (Å²) in [5.74, 6) is 0.934. The van der Waals surface area contributed by atoms with Crippen molar-refractivity contribution >= 4 is 11.8 Å². The maximum absolute atomic E-state index is 12.2. The Balaban J connectivity index is 1.47. The van der Waals surface area contributed by atoms with Crippen molar-refractivity contribution in [3.63, 3.8) is 0 Å². The second-order valence-electron chi connectivity index (χ2n) is 5.78. The van der Waals surface area contributed by atoms with Crippen LogP contribution in [0.3, 0.4) is 0 Å². The average molecular weight is 331 g/mol. The van der Waals surface area contributed by atoms with Crippen LogP contribution in [0.15, 0.2) is 45.6 Å². The van der Waals surface area contributed by atoms with Crippen molar-refractivity contribution in [3.8, 4) is 0 Å². The zero-order chi connectivity index (χ0) is 16.9. The van der Waals surface area contributed by atoms with Crippen LogP contribution >= 0.6 is 0 Å². The highest BCUT2D eigenvalue weighted by Gasteiger charge is 2.28. The molecule has 2 aromatic heterocycles. The number of hydrogen-bond acceptors (Lipinski definition) is 5. The maximum atomic E-state index is 12.2. The summed E-state index contributed by atoms with van der Waals surface area (Å²) in [5.41, 5.74) is 0. The number of nitrogens with zero attached hydrogens (tertiary/aromatic N) is 2. The van der Waals surface area contributed by atoms with Gasteiger partial charge in [0, 0.05) is 26.2 Å². The Morgan fingerprint density at radius 3 is 2.46 bits per heavy atom. The topological polar surface area (TPSA) is 78.9 Å². The van der Waals surface area contributed by atoms with Crippen molar-refractivity contribution < 1.29 is 18.4 Å². The normalized spacial score (nSPS) is 16.8. The fraction of sp³-hybridized carbons (Fsp3) is 0.412. The molecule has 1 N–H and O–H groups in total. The van der Waals surface area contributed by atoms with Crippen molar-refractivity contribution in [2.45, 2.75) is 19.5 Å². The van der Waals surface area contributed by atoms with Gasteiger partial charge in [-0.1, -0.05) is 0 Å². The van der Waals surface area contributed by atoms with Crippen molar-refractivity contribution in [1.82, 2.24) is 15.1 Å². The number of furan rings is 2. The van der Waals surface area contributed by atoms with E-state index in [1.54, 1.807) is 29.4 Å². The molecular formula is C17H21N3O4. The SMILES string of the molecule is CC(C(=O)NCc1ccco1)N1CCN(C(=O)c2ccco2)CC1. The number of carbonyl (C=O) groups is 2. The Morgan fingerprint density at radius 1 is 1.12 bits per heavy atom. The lowest BCUT2D eigenvalue weighted by atomic mass is 10.2. The van der Waals surface area contributed by atoms with Gasteiger partial charge in [0.1, 0.15) is 5.76 Å². The van der Waals surface area contributed by atoms with E-state index in [0.29, 0.717) is 38.5 Å². The van der Waals surface area contributed by atoms with Gasteiger partial charge in [-0.15, -0.1) is 0 Å². The number of rotatable bonds is 5. The largest absolute Gasteiger partial charge is 0.467 e. The zero-order valence-corrected chi connectivity index (χ0v) is 13.6. The standard InChI is InChI=1S/C17H21N3O4/c1-13(16(21)18-12-14-4-2-10-23-14)19-6-8-20(9-7-19)17(22)15-5-3-11-24-15/h2-5,10-11,13H,6-9,12H2,1H3,(H,18,21). The number of piperazine rings is 1. The first-order valence-corrected chi connectivity index (χ1v) is 8.02. The summed E-state index contributed by atoms with van der Waals surface area (Å²) in [5, 5.41) is 2.87. The van der Waals surface area contributed by atoms with Gasteiger partial charge in [0.25, 0.3) is 5.91 Å². The van der Waals surface area contributed by atoms with Crippen LogP contribution in [0, 0.1) is 0 Å². The highest BCUT2D eigenvalue weighted by Crippen LogP contribution is 2.11. The van der Waals surface area contributed by atoms with E-state index in [1.807, 2.05) is 13.0 Å². The third-order valence-electron chi connectivity index (χ3n) is 4.28. The molecule has 1 unspecified atom stereocenters. The van der Waals surface area contributed by atoms with E-state index >= 15 is 0 Å². The molecule has 128 valence electrons. The summed E-state index contributed by atoms with van der Waals surface area (Å²) in [6, 6.07) is 6.74. The lowest BCUT2D eigenvalue weighted by molar-refractivity contribution is -0.126. The van der Waals surface area contributed by atoms with Crippen LogP contribution in [0.25, 0.3) is 0 Å². The van der Waals surface area contributed by atoms with Gasteiger partial charge in [-0.2, -0.15) is 0 Å². The smallest absolute Gasteiger partial charge is 0.289 e. The minimum atomic E-state index is -0.249. The lowest BCUT2D eigenvalue weighted by Gasteiger charge is -2.37. The fourth-order valence-electron chi connectivity index (χ4n) is 2.77. The van der Waals surface area contributed by atoms with Crippen LogP contribution in [0.5, 0.6) is 0 Å². The Kier molecular flexibility index (Phi) is 5.00. The number of carbonyl (C=O) groups excluding carboxylic acids is 2. The molecule has 0 radical (unpaired) electrons. The second kappa shape index (κ2) is 7.35. The van der Waals surface area contributed by atoms with Crippen LogP contribution in [0.4, 0.5) is 0 Å². The minimum absolute atomic E-state index is 0.0442. The van der Waals surface area contributed by atoms with E-state index in [-0.39, 0.29) is 17.9 Å². The van der Waals surface area contributed by atoms with Gasteiger partial charge >= 0.3 is 0 Å². The molecule has 0 saturated carbocycles. The zero-order valence-electron chi connectivity index (χ0n) is 13.6. The third-order valence-corrected chi connectivity index (χ3v) is 4.28. The van der Waals surface area contributed by atoms with Crippen LogP contribution in [0.2, 0.25) is 0 Å². The molecule has 3 heterocycles. The average Bonchev–Trinajstić information content (AvgIpc) is 3.32. The number of amides is 2. The fourth-order valence-corrected chi connectivity index (χ4v) is 2.77. The van der Waals surface area contributed by atoms with Crippen LogP contribution < -0.4 is 5.32 Å². The summed E-state index contributed by atoms with van der Waals surface area (Å²) in [7, 11) is 0. The van der Waals surface area contributed by atoms with E-state index in [0.717, 1.165) is 5.76 Å². The van der Waals surface area contributed by atoms with Crippen molar-refractivity contribution in [1.29, 1.82) is 0 Å². The number of nitrogens with one attached hydrogen (secondary N) is 1. The van der Waals surface area contributed by atoms with Crippen molar-refractivity contribution in [2.75, 3.05) is 26.2 Å². The maximum Gasteiger partial charge on any atom is 0.289 e. The number of hydrogen-bond donors (Lipinski definition) is 1. The Morgan fingerprint density at radius 2 is 1.83 bits per heavy atom. The Bertz CT molecular complexity index is 658. The molecular weight excluding hydrogens is 310 g/mol. The molecule has 1 aliphatic heterocycles. The van der Waals surface area contributed by atoms with Crippen molar-refractivity contribution in [3.05, 3.63) is 48.3 Å². The molecule has 1 fully saturated rings. The van der Waals surface area contributed by atoms with Crippen molar-refractivity contribution in [2.24, 2.45) is 0 Å². The van der Waals surface area contributed by atoms with Gasteiger partial charge in [-0.25, -0.2) is 0 Å². The van der Waals surface area contributed by atoms with Gasteiger partial charge < -0.3 is 19.1 Å². The van der Waals surface area contributed by atoms with E-state index in [2.05, 4.69) is 10.2 Å². The third kappa shape index (κ3) is 3.68. The predicted molar refractivity (Wildman–Crippen MR) is 86.2 cm³/mol. The van der Waals surface area contributed by atoms with E-state index in [1.165, 1.54) is 6.26 Å². The van der Waals surface area contributed by atoms with Crippen LogP contribution in [0.1, 0.15) is 23.2 Å². The summed E-state index contributed by atoms with van der Waals surface area (Å²) >= 11 is 0. The molecule has 1 atom stereocenters. The molecule has 0 aromatic carbocycles. The molecule has 1 aliphatic rings. The molecule has 0 spiro atoms.